The van der Waals surface area contributed by atoms with E-state index in [0.29, 0.717) is 44.1 Å². The van der Waals surface area contributed by atoms with Crippen molar-refractivity contribution in [1.29, 1.82) is 0 Å². The molecule has 10 nitrogen and oxygen atoms in total. The molecule has 1 aromatic heterocycles. The Hall–Kier alpha value is -3.58. The van der Waals surface area contributed by atoms with E-state index in [0.717, 1.165) is 11.1 Å². The number of nitrogens with zero attached hydrogens (tertiary/aromatic N) is 6. The zero-order valence-corrected chi connectivity index (χ0v) is 22.1. The molecule has 0 spiro atoms. The van der Waals surface area contributed by atoms with Crippen LogP contribution in [0.25, 0.3) is 4.85 Å². The van der Waals surface area contributed by atoms with Gasteiger partial charge in [-0.3, -0.25) is 0 Å². The summed E-state index contributed by atoms with van der Waals surface area (Å²) < 4.78 is 11.0. The SMILES string of the molecule is [C-]#[N+]CC1CN(C(=O)OCc2ccccc2)CCN1c1nc(Cl)nc2c1CCN(C(=O)OC(C)(C)C)C2. The summed E-state index contributed by atoms with van der Waals surface area (Å²) in [6, 6.07) is 9.22. The van der Waals surface area contributed by atoms with E-state index in [2.05, 4.69) is 14.8 Å². The molecule has 1 fully saturated rings. The van der Waals surface area contributed by atoms with Gasteiger partial charge in [0.1, 0.15) is 24.1 Å². The Bertz CT molecular complexity index is 1180. The number of piperazine rings is 1. The number of halogens is 1. The summed E-state index contributed by atoms with van der Waals surface area (Å²) in [6.45, 7) is 15.3. The van der Waals surface area contributed by atoms with Gasteiger partial charge in [0.15, 0.2) is 0 Å². The molecule has 0 N–H and O–H groups in total. The molecule has 3 heterocycles. The highest BCUT2D eigenvalue weighted by molar-refractivity contribution is 6.28. The molecule has 2 aliphatic rings. The number of hydrogen-bond donors (Lipinski definition) is 0. The standard InChI is InChI=1S/C26H31ClN6O4/c1-26(2,3)37-25(35)31-11-10-20-21(16-31)29-23(27)30-22(20)33-13-12-32(15-19(33)14-28-4)24(34)36-17-18-8-6-5-7-9-18/h5-9,19H,10-17H2,1-3H3. The third-order valence-corrected chi connectivity index (χ3v) is 6.36. The van der Waals surface area contributed by atoms with Gasteiger partial charge in [0, 0.05) is 25.2 Å². The third-order valence-electron chi connectivity index (χ3n) is 6.19. The average molecular weight is 527 g/mol. The highest BCUT2D eigenvalue weighted by Crippen LogP contribution is 2.31. The maximum Gasteiger partial charge on any atom is 0.410 e. The van der Waals surface area contributed by atoms with Gasteiger partial charge in [-0.05, 0) is 44.4 Å². The summed E-state index contributed by atoms with van der Waals surface area (Å²) in [5.74, 6) is 0.657. The quantitative estimate of drug-likeness (QED) is 0.436. The molecule has 1 aromatic carbocycles. The first kappa shape index (κ1) is 26.5. The van der Waals surface area contributed by atoms with E-state index in [9.17, 15) is 9.59 Å². The highest BCUT2D eigenvalue weighted by atomic mass is 35.5. The number of fused-ring (bicyclic) bond motifs is 1. The molecule has 1 unspecified atom stereocenters. The Balaban J connectivity index is 1.48. The van der Waals surface area contributed by atoms with Crippen LogP contribution in [0.15, 0.2) is 30.3 Å². The van der Waals surface area contributed by atoms with Crippen LogP contribution in [0, 0.1) is 6.57 Å². The van der Waals surface area contributed by atoms with Crippen molar-refractivity contribution in [1.82, 2.24) is 19.8 Å². The van der Waals surface area contributed by atoms with Crippen molar-refractivity contribution in [3.63, 3.8) is 0 Å². The lowest BCUT2D eigenvalue weighted by molar-refractivity contribution is 0.0220. The number of amides is 2. The topological polar surface area (TPSA) is 92.5 Å². The number of carbonyl (C=O) groups excluding carboxylic acids is 2. The lowest BCUT2D eigenvalue weighted by atomic mass is 10.0. The first-order valence-corrected chi connectivity index (χ1v) is 12.6. The summed E-state index contributed by atoms with van der Waals surface area (Å²) in [6.07, 6.45) is -0.275. The van der Waals surface area contributed by atoms with Crippen LogP contribution in [0.2, 0.25) is 5.28 Å². The monoisotopic (exact) mass is 526 g/mol. The van der Waals surface area contributed by atoms with Crippen LogP contribution in [0.1, 0.15) is 37.6 Å². The largest absolute Gasteiger partial charge is 0.445 e. The molecule has 37 heavy (non-hydrogen) atoms. The zero-order chi connectivity index (χ0) is 26.6. The van der Waals surface area contributed by atoms with E-state index in [1.165, 1.54) is 0 Å². The van der Waals surface area contributed by atoms with Crippen LogP contribution in [0.3, 0.4) is 0 Å². The summed E-state index contributed by atoms with van der Waals surface area (Å²) in [4.78, 5) is 43.2. The molecule has 0 radical (unpaired) electrons. The van der Waals surface area contributed by atoms with Crippen molar-refractivity contribution in [3.05, 3.63) is 63.9 Å². The lowest BCUT2D eigenvalue weighted by Crippen LogP contribution is -2.56. The maximum atomic E-state index is 12.8. The third kappa shape index (κ3) is 6.60. The molecule has 2 amide bonds. The van der Waals surface area contributed by atoms with Crippen molar-refractivity contribution >= 4 is 29.6 Å². The van der Waals surface area contributed by atoms with Gasteiger partial charge >= 0.3 is 12.2 Å². The molecule has 11 heteroatoms. The molecule has 2 aromatic rings. The fraction of sp³-hybridized carbons (Fsp3) is 0.500. The number of ether oxygens (including phenoxy) is 2. The molecule has 0 aliphatic carbocycles. The van der Waals surface area contributed by atoms with Crippen molar-refractivity contribution < 1.29 is 19.1 Å². The lowest BCUT2D eigenvalue weighted by Gasteiger charge is -2.41. The van der Waals surface area contributed by atoms with Crippen LogP contribution in [0.4, 0.5) is 15.4 Å². The van der Waals surface area contributed by atoms with E-state index in [4.69, 9.17) is 27.6 Å². The number of hydrogen-bond acceptors (Lipinski definition) is 7. The van der Waals surface area contributed by atoms with Crippen molar-refractivity contribution in [2.45, 2.75) is 52.0 Å². The summed E-state index contributed by atoms with van der Waals surface area (Å²) in [5, 5.41) is 0.0750. The molecular weight excluding hydrogens is 496 g/mol. The van der Waals surface area contributed by atoms with Crippen LogP contribution in [0.5, 0.6) is 0 Å². The molecule has 2 aliphatic heterocycles. The van der Waals surface area contributed by atoms with Crippen LogP contribution < -0.4 is 4.90 Å². The van der Waals surface area contributed by atoms with Gasteiger partial charge in [-0.15, -0.1) is 0 Å². The molecular formula is C26H31ClN6O4. The highest BCUT2D eigenvalue weighted by Gasteiger charge is 2.36. The molecule has 196 valence electrons. The number of benzene rings is 1. The normalized spacial score (nSPS) is 17.6. The summed E-state index contributed by atoms with van der Waals surface area (Å²) >= 11 is 6.31. The predicted molar refractivity (Wildman–Crippen MR) is 138 cm³/mol. The van der Waals surface area contributed by atoms with Crippen molar-refractivity contribution in [3.8, 4) is 0 Å². The zero-order valence-electron chi connectivity index (χ0n) is 21.3. The second-order valence-corrected chi connectivity index (χ2v) is 10.4. The van der Waals surface area contributed by atoms with E-state index in [-0.39, 0.29) is 31.0 Å². The fourth-order valence-corrected chi connectivity index (χ4v) is 4.66. The average Bonchev–Trinajstić information content (AvgIpc) is 2.86. The Labute approximate surface area is 221 Å². The van der Waals surface area contributed by atoms with Gasteiger partial charge in [0.05, 0.1) is 18.8 Å². The number of rotatable bonds is 4. The number of aromatic nitrogens is 2. The predicted octanol–water partition coefficient (Wildman–Crippen LogP) is 4.17. The van der Waals surface area contributed by atoms with Gasteiger partial charge < -0.3 is 29.0 Å². The Morgan fingerprint density at radius 1 is 1.11 bits per heavy atom. The van der Waals surface area contributed by atoms with E-state index in [1.807, 2.05) is 56.0 Å². The van der Waals surface area contributed by atoms with E-state index < -0.39 is 17.8 Å². The summed E-state index contributed by atoms with van der Waals surface area (Å²) in [7, 11) is 0. The second-order valence-electron chi connectivity index (χ2n) is 10.1. The first-order chi connectivity index (χ1) is 17.6. The number of anilines is 1. The van der Waals surface area contributed by atoms with Gasteiger partial charge in [0.25, 0.3) is 0 Å². The van der Waals surface area contributed by atoms with E-state index in [1.54, 1.807) is 9.80 Å². The maximum absolute atomic E-state index is 12.8. The number of carbonyl (C=O) groups is 2. The molecule has 0 bridgehead atoms. The molecule has 1 atom stereocenters. The van der Waals surface area contributed by atoms with Crippen molar-refractivity contribution in [2.75, 3.05) is 37.6 Å². The van der Waals surface area contributed by atoms with Crippen LogP contribution in [-0.2, 0) is 29.0 Å². The summed E-state index contributed by atoms with van der Waals surface area (Å²) in [5.41, 5.74) is 1.88. The Morgan fingerprint density at radius 3 is 2.57 bits per heavy atom. The smallest absolute Gasteiger partial charge is 0.410 e. The molecule has 4 rings (SSSR count). The minimum absolute atomic E-state index is 0.0750. The van der Waals surface area contributed by atoms with Gasteiger partial charge in [0.2, 0.25) is 11.8 Å². The Morgan fingerprint density at radius 2 is 1.86 bits per heavy atom. The van der Waals surface area contributed by atoms with Crippen molar-refractivity contribution in [2.24, 2.45) is 0 Å². The van der Waals surface area contributed by atoms with Gasteiger partial charge in [-0.1, -0.05) is 30.3 Å². The Kier molecular flexibility index (Phi) is 8.03. The molecule has 1 saturated heterocycles. The minimum atomic E-state index is -0.596. The second kappa shape index (κ2) is 11.2. The first-order valence-electron chi connectivity index (χ1n) is 12.2. The molecule has 0 saturated carbocycles. The van der Waals surface area contributed by atoms with Crippen LogP contribution >= 0.6 is 11.6 Å². The van der Waals surface area contributed by atoms with Crippen LogP contribution in [-0.4, -0.2) is 76.3 Å². The fourth-order valence-electron chi connectivity index (χ4n) is 4.47. The van der Waals surface area contributed by atoms with Gasteiger partial charge in [-0.2, -0.15) is 0 Å². The van der Waals surface area contributed by atoms with Gasteiger partial charge in [-0.25, -0.2) is 26.1 Å². The minimum Gasteiger partial charge on any atom is -0.445 e. The van der Waals surface area contributed by atoms with E-state index >= 15 is 0 Å².